The van der Waals surface area contributed by atoms with Gasteiger partial charge in [-0.15, -0.1) is 0 Å². The van der Waals surface area contributed by atoms with Crippen LogP contribution in [0.5, 0.6) is 0 Å². The van der Waals surface area contributed by atoms with E-state index in [1.54, 1.807) is 24.4 Å². The quantitative estimate of drug-likeness (QED) is 0.525. The molecule has 0 saturated carbocycles. The summed E-state index contributed by atoms with van der Waals surface area (Å²) in [6, 6.07) is 10.8. The minimum Gasteiger partial charge on any atom is -0.394 e. The lowest BCUT2D eigenvalue weighted by Gasteiger charge is -2.34. The highest BCUT2D eigenvalue weighted by Crippen LogP contribution is 2.30. The van der Waals surface area contributed by atoms with Crippen LogP contribution >= 0.6 is 0 Å². The van der Waals surface area contributed by atoms with Crippen LogP contribution in [0.3, 0.4) is 0 Å². The van der Waals surface area contributed by atoms with Gasteiger partial charge in [0.05, 0.1) is 24.2 Å². The van der Waals surface area contributed by atoms with Crippen LogP contribution < -0.4 is 0 Å². The summed E-state index contributed by atoms with van der Waals surface area (Å²) in [6.07, 6.45) is 0.687. The lowest BCUT2D eigenvalue weighted by atomic mass is 10.1. The van der Waals surface area contributed by atoms with Crippen molar-refractivity contribution in [3.63, 3.8) is 0 Å². The number of β-amino-alcohol motifs (C(OH)–C–C–N with tert-alkyl or cyclic N) is 1. The first-order chi connectivity index (χ1) is 14.8. The Morgan fingerprint density at radius 3 is 2.55 bits per heavy atom. The van der Waals surface area contributed by atoms with Crippen LogP contribution in [-0.2, 0) is 14.8 Å². The average molecular weight is 447 g/mol. The van der Waals surface area contributed by atoms with Crippen molar-refractivity contribution >= 4 is 26.8 Å². The van der Waals surface area contributed by atoms with Gasteiger partial charge in [-0.2, -0.15) is 4.31 Å². The van der Waals surface area contributed by atoms with Crippen LogP contribution in [0.15, 0.2) is 53.6 Å². The number of halogens is 1. The summed E-state index contributed by atoms with van der Waals surface area (Å²) in [5, 5.41) is 19.3. The van der Waals surface area contributed by atoms with Crippen LogP contribution in [0.2, 0.25) is 0 Å². The number of benzene rings is 2. The molecule has 0 spiro atoms. The molecule has 164 valence electrons. The number of rotatable bonds is 6. The Kier molecular flexibility index (Phi) is 5.80. The summed E-state index contributed by atoms with van der Waals surface area (Å²) >= 11 is 0. The molecule has 1 aliphatic heterocycles. The smallest absolute Gasteiger partial charge is 0.243 e. The van der Waals surface area contributed by atoms with E-state index in [-0.39, 0.29) is 36.9 Å². The van der Waals surface area contributed by atoms with Gasteiger partial charge >= 0.3 is 0 Å². The van der Waals surface area contributed by atoms with E-state index in [2.05, 4.69) is 4.98 Å². The van der Waals surface area contributed by atoms with Crippen molar-refractivity contribution in [1.82, 2.24) is 14.2 Å². The Labute approximate surface area is 178 Å². The minimum atomic E-state index is -3.87. The molecule has 4 rings (SSSR count). The van der Waals surface area contributed by atoms with E-state index in [4.69, 9.17) is 5.11 Å². The van der Waals surface area contributed by atoms with Gasteiger partial charge in [-0.25, -0.2) is 12.8 Å². The van der Waals surface area contributed by atoms with Crippen molar-refractivity contribution in [1.29, 1.82) is 0 Å². The molecule has 0 radical (unpaired) electrons. The number of aromatic nitrogens is 1. The van der Waals surface area contributed by atoms with Gasteiger partial charge in [-0.1, -0.05) is 12.1 Å². The van der Waals surface area contributed by atoms with Crippen molar-refractivity contribution in [2.45, 2.75) is 11.0 Å². The number of carbonyl (C=O) groups excluding carboxylic acids is 1. The molecular formula is C21H22FN3O5S. The fraction of sp³-hybridized carbons (Fsp3) is 0.286. The number of nitrogens with one attached hydrogen (secondary N) is 1. The van der Waals surface area contributed by atoms with E-state index in [1.807, 2.05) is 0 Å². The third-order valence-electron chi connectivity index (χ3n) is 5.37. The first kappa shape index (κ1) is 21.4. The van der Waals surface area contributed by atoms with Crippen LogP contribution in [0.1, 0.15) is 0 Å². The van der Waals surface area contributed by atoms with E-state index >= 15 is 0 Å². The monoisotopic (exact) mass is 447 g/mol. The van der Waals surface area contributed by atoms with Gasteiger partial charge in [-0.3, -0.25) is 4.79 Å². The van der Waals surface area contributed by atoms with E-state index in [9.17, 15) is 22.7 Å². The van der Waals surface area contributed by atoms with Gasteiger partial charge in [0.2, 0.25) is 15.9 Å². The molecule has 0 bridgehead atoms. The molecule has 1 saturated heterocycles. The molecular weight excluding hydrogens is 425 g/mol. The Balaban J connectivity index is 1.52. The molecule has 31 heavy (non-hydrogen) atoms. The number of sulfonamides is 1. The molecule has 2 aromatic carbocycles. The standard InChI is InChI=1S/C21H22FN3O5S/c22-15-3-6-18-19(10-23-20(18)9-15)14-1-4-17(5-2-14)31(29,30)25-8-7-24(21(28)12-25)11-16(27)13-26/h1-6,9-10,16,23,26-27H,7-8,11-13H2/t16-/m1/s1. The van der Waals surface area contributed by atoms with Gasteiger partial charge in [0.1, 0.15) is 5.82 Å². The van der Waals surface area contributed by atoms with Gasteiger partial charge < -0.3 is 20.1 Å². The molecule has 0 unspecified atom stereocenters. The minimum absolute atomic E-state index is 0.0353. The highest BCUT2D eigenvalue weighted by atomic mass is 32.2. The van der Waals surface area contributed by atoms with Gasteiger partial charge in [-0.05, 0) is 35.9 Å². The lowest BCUT2D eigenvalue weighted by molar-refractivity contribution is -0.135. The number of hydrogen-bond donors (Lipinski definition) is 3. The number of hydrogen-bond acceptors (Lipinski definition) is 5. The Bertz CT molecular complexity index is 1210. The first-order valence-corrected chi connectivity index (χ1v) is 11.2. The summed E-state index contributed by atoms with van der Waals surface area (Å²) in [5.74, 6) is -0.771. The third kappa shape index (κ3) is 4.19. The number of carbonyl (C=O) groups is 1. The Hall–Kier alpha value is -2.79. The zero-order chi connectivity index (χ0) is 22.2. The van der Waals surface area contributed by atoms with Crippen molar-refractivity contribution in [3.8, 4) is 11.1 Å². The number of piperazine rings is 1. The van der Waals surface area contributed by atoms with Gasteiger partial charge in [0, 0.05) is 42.3 Å². The summed E-state index contributed by atoms with van der Waals surface area (Å²) < 4.78 is 40.5. The number of aromatic amines is 1. The predicted octanol–water partition coefficient (Wildman–Crippen LogP) is 1.16. The molecule has 1 atom stereocenters. The summed E-state index contributed by atoms with van der Waals surface area (Å²) in [6.45, 7) is -0.590. The summed E-state index contributed by atoms with van der Waals surface area (Å²) in [7, 11) is -3.87. The summed E-state index contributed by atoms with van der Waals surface area (Å²) in [4.78, 5) is 16.7. The SMILES string of the molecule is O=C1CN(S(=O)(=O)c2ccc(-c3c[nH]c4cc(F)ccc34)cc2)CCN1C[C@@H](O)CO. The Morgan fingerprint density at radius 1 is 1.13 bits per heavy atom. The van der Waals surface area contributed by atoms with Crippen LogP contribution in [0, 0.1) is 5.82 Å². The van der Waals surface area contributed by atoms with Crippen molar-refractivity contribution in [3.05, 3.63) is 54.5 Å². The zero-order valence-corrected chi connectivity index (χ0v) is 17.3. The van der Waals surface area contributed by atoms with Crippen molar-refractivity contribution in [2.75, 3.05) is 32.8 Å². The average Bonchev–Trinajstić information content (AvgIpc) is 3.18. The maximum Gasteiger partial charge on any atom is 0.243 e. The number of fused-ring (bicyclic) bond motifs is 1. The molecule has 1 fully saturated rings. The highest BCUT2D eigenvalue weighted by Gasteiger charge is 2.33. The molecule has 1 amide bonds. The van der Waals surface area contributed by atoms with Crippen molar-refractivity contribution in [2.24, 2.45) is 0 Å². The van der Waals surface area contributed by atoms with E-state index < -0.39 is 28.6 Å². The molecule has 8 nitrogen and oxygen atoms in total. The molecule has 3 N–H and O–H groups in total. The fourth-order valence-corrected chi connectivity index (χ4v) is 5.07. The third-order valence-corrected chi connectivity index (χ3v) is 7.23. The molecule has 1 aromatic heterocycles. The van der Waals surface area contributed by atoms with Gasteiger partial charge in [0.25, 0.3) is 0 Å². The molecule has 1 aliphatic rings. The molecule has 10 heteroatoms. The van der Waals surface area contributed by atoms with Crippen molar-refractivity contribution < 1.29 is 27.8 Å². The number of aliphatic hydroxyl groups is 2. The number of nitrogens with zero attached hydrogens (tertiary/aromatic N) is 2. The van der Waals surface area contributed by atoms with E-state index in [0.717, 1.165) is 20.8 Å². The predicted molar refractivity (Wildman–Crippen MR) is 112 cm³/mol. The fourth-order valence-electron chi connectivity index (χ4n) is 3.69. The molecule has 2 heterocycles. The van der Waals surface area contributed by atoms with Crippen LogP contribution in [0.4, 0.5) is 4.39 Å². The normalized spacial score (nSPS) is 16.7. The van der Waals surface area contributed by atoms with Crippen LogP contribution in [0.25, 0.3) is 22.0 Å². The Morgan fingerprint density at radius 2 is 1.87 bits per heavy atom. The van der Waals surface area contributed by atoms with E-state index in [1.165, 1.54) is 29.2 Å². The topological polar surface area (TPSA) is 114 Å². The second-order valence-corrected chi connectivity index (χ2v) is 9.37. The second kappa shape index (κ2) is 8.39. The summed E-state index contributed by atoms with van der Waals surface area (Å²) in [5.41, 5.74) is 2.25. The van der Waals surface area contributed by atoms with Crippen LogP contribution in [-0.4, -0.2) is 77.6 Å². The number of aliphatic hydroxyl groups excluding tert-OH is 2. The number of amides is 1. The maximum atomic E-state index is 13.4. The van der Waals surface area contributed by atoms with Gasteiger partial charge in [0.15, 0.2) is 0 Å². The molecule has 3 aromatic rings. The molecule has 0 aliphatic carbocycles. The number of H-pyrrole nitrogens is 1. The second-order valence-electron chi connectivity index (χ2n) is 7.43. The largest absolute Gasteiger partial charge is 0.394 e. The first-order valence-electron chi connectivity index (χ1n) is 9.73. The lowest BCUT2D eigenvalue weighted by Crippen LogP contribution is -2.54. The highest BCUT2D eigenvalue weighted by molar-refractivity contribution is 7.89. The zero-order valence-electron chi connectivity index (χ0n) is 16.5. The van der Waals surface area contributed by atoms with E-state index in [0.29, 0.717) is 5.52 Å². The maximum absolute atomic E-state index is 13.4.